The van der Waals surface area contributed by atoms with Gasteiger partial charge in [0, 0.05) is 32.2 Å². The maximum absolute atomic E-state index is 11.3. The highest BCUT2D eigenvalue weighted by Gasteiger charge is 2.01. The highest BCUT2D eigenvalue weighted by atomic mass is 16.5. The van der Waals surface area contributed by atoms with E-state index in [0.717, 1.165) is 13.0 Å². The molecule has 0 rings (SSSR count). The summed E-state index contributed by atoms with van der Waals surface area (Å²) in [5.74, 6) is 0.109. The first-order valence-corrected chi connectivity index (χ1v) is 6.14. The van der Waals surface area contributed by atoms with E-state index in [9.17, 15) is 4.79 Å². The summed E-state index contributed by atoms with van der Waals surface area (Å²) in [7, 11) is 0. The minimum absolute atomic E-state index is 0.109. The summed E-state index contributed by atoms with van der Waals surface area (Å²) in [6, 6.07) is 0.437. The lowest BCUT2D eigenvalue weighted by molar-refractivity contribution is -0.121. The highest BCUT2D eigenvalue weighted by molar-refractivity contribution is 5.75. The van der Waals surface area contributed by atoms with Crippen LogP contribution in [0.1, 0.15) is 40.5 Å². The summed E-state index contributed by atoms with van der Waals surface area (Å²) in [4.78, 5) is 11.3. The molecule has 0 saturated carbocycles. The largest absolute Gasteiger partial charge is 0.379 e. The maximum atomic E-state index is 11.3. The van der Waals surface area contributed by atoms with E-state index in [1.165, 1.54) is 0 Å². The number of carbonyl (C=O) groups excluding carboxylic acids is 1. The monoisotopic (exact) mass is 230 g/mol. The lowest BCUT2D eigenvalue weighted by Crippen LogP contribution is -2.31. The molecule has 0 aliphatic rings. The Morgan fingerprint density at radius 1 is 1.19 bits per heavy atom. The molecule has 0 heterocycles. The molecular weight excluding hydrogens is 204 g/mol. The van der Waals surface area contributed by atoms with Crippen LogP contribution in [-0.2, 0) is 9.53 Å². The molecule has 0 aromatic carbocycles. The maximum Gasteiger partial charge on any atom is 0.221 e. The molecule has 4 nitrogen and oxygen atoms in total. The SMILES string of the molecule is CC(C)NCCC(=O)NCCCOC(C)C. The molecule has 0 aromatic heterocycles. The van der Waals surface area contributed by atoms with Gasteiger partial charge in [0.25, 0.3) is 0 Å². The second-order valence-corrected chi connectivity index (χ2v) is 4.48. The smallest absolute Gasteiger partial charge is 0.221 e. The Balaban J connectivity index is 3.24. The summed E-state index contributed by atoms with van der Waals surface area (Å²) in [5, 5.41) is 6.08. The predicted octanol–water partition coefficient (Wildman–Crippen LogP) is 1.31. The van der Waals surface area contributed by atoms with Gasteiger partial charge in [-0.15, -0.1) is 0 Å². The van der Waals surface area contributed by atoms with Crippen LogP contribution in [0.25, 0.3) is 0 Å². The van der Waals surface area contributed by atoms with Gasteiger partial charge in [-0.25, -0.2) is 0 Å². The van der Waals surface area contributed by atoms with Crippen molar-refractivity contribution in [3.05, 3.63) is 0 Å². The Morgan fingerprint density at radius 2 is 1.88 bits per heavy atom. The topological polar surface area (TPSA) is 50.4 Å². The van der Waals surface area contributed by atoms with Gasteiger partial charge in [0.2, 0.25) is 5.91 Å². The minimum Gasteiger partial charge on any atom is -0.379 e. The van der Waals surface area contributed by atoms with Crippen LogP contribution in [0.4, 0.5) is 0 Å². The van der Waals surface area contributed by atoms with Crippen LogP contribution in [0.2, 0.25) is 0 Å². The zero-order chi connectivity index (χ0) is 12.4. The fourth-order valence-electron chi connectivity index (χ4n) is 1.18. The van der Waals surface area contributed by atoms with E-state index in [-0.39, 0.29) is 12.0 Å². The molecule has 0 atom stereocenters. The number of nitrogens with one attached hydrogen (secondary N) is 2. The minimum atomic E-state index is 0.109. The zero-order valence-electron chi connectivity index (χ0n) is 11.0. The zero-order valence-corrected chi connectivity index (χ0v) is 11.0. The Morgan fingerprint density at radius 3 is 2.44 bits per heavy atom. The molecule has 0 fully saturated rings. The molecule has 0 aliphatic heterocycles. The number of hydrogen-bond donors (Lipinski definition) is 2. The van der Waals surface area contributed by atoms with E-state index in [1.54, 1.807) is 0 Å². The first-order chi connectivity index (χ1) is 7.52. The average Bonchev–Trinajstić information content (AvgIpc) is 2.16. The third-order valence-electron chi connectivity index (χ3n) is 2.00. The first-order valence-electron chi connectivity index (χ1n) is 6.14. The van der Waals surface area contributed by atoms with Crippen LogP contribution in [0.5, 0.6) is 0 Å². The van der Waals surface area contributed by atoms with Crippen molar-refractivity contribution in [3.63, 3.8) is 0 Å². The molecule has 0 saturated heterocycles. The van der Waals surface area contributed by atoms with Crippen molar-refractivity contribution in [1.29, 1.82) is 0 Å². The van der Waals surface area contributed by atoms with Gasteiger partial charge in [0.1, 0.15) is 0 Å². The number of rotatable bonds is 9. The number of ether oxygens (including phenoxy) is 1. The molecule has 0 aliphatic carbocycles. The third-order valence-corrected chi connectivity index (χ3v) is 2.00. The fourth-order valence-corrected chi connectivity index (χ4v) is 1.18. The molecule has 16 heavy (non-hydrogen) atoms. The molecular formula is C12H26N2O2. The predicted molar refractivity (Wildman–Crippen MR) is 66.5 cm³/mol. The van der Waals surface area contributed by atoms with E-state index in [4.69, 9.17) is 4.74 Å². The van der Waals surface area contributed by atoms with E-state index in [0.29, 0.717) is 25.6 Å². The Labute approximate surface area is 99.1 Å². The summed E-state index contributed by atoms with van der Waals surface area (Å²) >= 11 is 0. The van der Waals surface area contributed by atoms with E-state index >= 15 is 0 Å². The van der Waals surface area contributed by atoms with Gasteiger partial charge in [0.05, 0.1) is 6.10 Å². The second kappa shape index (κ2) is 9.60. The first kappa shape index (κ1) is 15.4. The second-order valence-electron chi connectivity index (χ2n) is 4.48. The van der Waals surface area contributed by atoms with Gasteiger partial charge in [-0.2, -0.15) is 0 Å². The molecule has 96 valence electrons. The van der Waals surface area contributed by atoms with E-state index in [1.807, 2.05) is 13.8 Å². The molecule has 0 unspecified atom stereocenters. The molecule has 0 radical (unpaired) electrons. The molecule has 0 aromatic rings. The lowest BCUT2D eigenvalue weighted by atomic mass is 10.3. The quantitative estimate of drug-likeness (QED) is 0.587. The van der Waals surface area contributed by atoms with Gasteiger partial charge < -0.3 is 15.4 Å². The van der Waals surface area contributed by atoms with Crippen molar-refractivity contribution in [3.8, 4) is 0 Å². The van der Waals surface area contributed by atoms with Crippen LogP contribution in [0.15, 0.2) is 0 Å². The molecule has 4 heteroatoms. The molecule has 2 N–H and O–H groups in total. The van der Waals surface area contributed by atoms with E-state index < -0.39 is 0 Å². The van der Waals surface area contributed by atoms with Gasteiger partial charge in [-0.3, -0.25) is 4.79 Å². The van der Waals surface area contributed by atoms with Crippen molar-refractivity contribution in [2.75, 3.05) is 19.7 Å². The van der Waals surface area contributed by atoms with Crippen molar-refractivity contribution in [2.24, 2.45) is 0 Å². The summed E-state index contributed by atoms with van der Waals surface area (Å²) < 4.78 is 5.37. The van der Waals surface area contributed by atoms with Crippen molar-refractivity contribution in [2.45, 2.75) is 52.7 Å². The standard InChI is InChI=1S/C12H26N2O2/c1-10(2)13-8-6-12(15)14-7-5-9-16-11(3)4/h10-11,13H,5-9H2,1-4H3,(H,14,15). The molecule has 1 amide bonds. The summed E-state index contributed by atoms with van der Waals surface area (Å²) in [6.07, 6.45) is 1.69. The number of hydrogen-bond acceptors (Lipinski definition) is 3. The average molecular weight is 230 g/mol. The third kappa shape index (κ3) is 11.5. The van der Waals surface area contributed by atoms with Crippen molar-refractivity contribution in [1.82, 2.24) is 10.6 Å². The Hall–Kier alpha value is -0.610. The van der Waals surface area contributed by atoms with Crippen molar-refractivity contribution >= 4 is 5.91 Å². The highest BCUT2D eigenvalue weighted by Crippen LogP contribution is 1.89. The fraction of sp³-hybridized carbons (Fsp3) is 0.917. The summed E-state index contributed by atoms with van der Waals surface area (Å²) in [5.41, 5.74) is 0. The number of carbonyl (C=O) groups is 1. The number of amides is 1. The summed E-state index contributed by atoms with van der Waals surface area (Å²) in [6.45, 7) is 10.3. The van der Waals surface area contributed by atoms with Crippen LogP contribution in [-0.4, -0.2) is 37.7 Å². The van der Waals surface area contributed by atoms with Gasteiger partial charge in [-0.05, 0) is 20.3 Å². The van der Waals surface area contributed by atoms with Crippen molar-refractivity contribution < 1.29 is 9.53 Å². The van der Waals surface area contributed by atoms with Crippen LogP contribution in [0.3, 0.4) is 0 Å². The van der Waals surface area contributed by atoms with Gasteiger partial charge in [-0.1, -0.05) is 13.8 Å². The van der Waals surface area contributed by atoms with Crippen LogP contribution in [0, 0.1) is 0 Å². The van der Waals surface area contributed by atoms with Gasteiger partial charge in [0.15, 0.2) is 0 Å². The Kier molecular flexibility index (Phi) is 9.24. The van der Waals surface area contributed by atoms with E-state index in [2.05, 4.69) is 24.5 Å². The van der Waals surface area contributed by atoms with Crippen LogP contribution < -0.4 is 10.6 Å². The molecule has 0 spiro atoms. The Bertz CT molecular complexity index is 182. The van der Waals surface area contributed by atoms with Crippen LogP contribution >= 0.6 is 0 Å². The van der Waals surface area contributed by atoms with Gasteiger partial charge >= 0.3 is 0 Å². The molecule has 0 bridgehead atoms. The lowest BCUT2D eigenvalue weighted by Gasteiger charge is -2.09. The normalized spacial score (nSPS) is 11.1.